The van der Waals surface area contributed by atoms with Crippen LogP contribution in [0, 0.1) is 0 Å². The van der Waals surface area contributed by atoms with Gasteiger partial charge in [0.05, 0.1) is 19.3 Å². The quantitative estimate of drug-likeness (QED) is 0.734. The molecule has 1 aromatic heterocycles. The van der Waals surface area contributed by atoms with Crippen LogP contribution in [0.1, 0.15) is 42.9 Å². The van der Waals surface area contributed by atoms with Crippen LogP contribution in [0.15, 0.2) is 12.3 Å². The fourth-order valence-corrected chi connectivity index (χ4v) is 2.83. The normalized spacial score (nSPS) is 18.0. The lowest BCUT2D eigenvalue weighted by molar-refractivity contribution is 0.0594. The first-order valence-electron chi connectivity index (χ1n) is 8.91. The third-order valence-corrected chi connectivity index (χ3v) is 3.98. The topological polar surface area (TPSA) is 92.8 Å². The van der Waals surface area contributed by atoms with E-state index in [0.29, 0.717) is 25.2 Å². The first kappa shape index (κ1) is 22.0. The Labute approximate surface area is 162 Å². The maximum absolute atomic E-state index is 12.7. The maximum Gasteiger partial charge on any atom is 0.412 e. The van der Waals surface area contributed by atoms with Crippen LogP contribution in [0.25, 0.3) is 0 Å². The molecule has 0 aromatic carbocycles. The summed E-state index contributed by atoms with van der Waals surface area (Å²) in [6, 6.07) is 1.30. The van der Waals surface area contributed by atoms with E-state index in [-0.39, 0.29) is 24.0 Å². The summed E-state index contributed by atoms with van der Waals surface area (Å²) in [6.45, 7) is 6.23. The SMILES string of the molecule is COC(=O)c1ncc(C2CN(CC(F)F)CCN2)cc1NC(=O)OC(C)(C)C. The summed E-state index contributed by atoms with van der Waals surface area (Å²) in [5, 5.41) is 5.75. The lowest BCUT2D eigenvalue weighted by atomic mass is 10.0. The van der Waals surface area contributed by atoms with Crippen molar-refractivity contribution >= 4 is 17.7 Å². The Balaban J connectivity index is 2.24. The molecule has 0 spiro atoms. The molecule has 0 aliphatic carbocycles. The van der Waals surface area contributed by atoms with Crippen molar-refractivity contribution < 1.29 is 27.8 Å². The van der Waals surface area contributed by atoms with Crippen molar-refractivity contribution in [2.24, 2.45) is 0 Å². The van der Waals surface area contributed by atoms with Gasteiger partial charge < -0.3 is 14.8 Å². The zero-order valence-electron chi connectivity index (χ0n) is 16.4. The maximum atomic E-state index is 12.7. The smallest absolute Gasteiger partial charge is 0.412 e. The molecule has 2 N–H and O–H groups in total. The lowest BCUT2D eigenvalue weighted by Gasteiger charge is -2.33. The number of halogens is 2. The third kappa shape index (κ3) is 6.38. The van der Waals surface area contributed by atoms with Gasteiger partial charge in [0.25, 0.3) is 6.43 Å². The highest BCUT2D eigenvalue weighted by atomic mass is 19.3. The number of carbonyl (C=O) groups is 2. The summed E-state index contributed by atoms with van der Waals surface area (Å²) in [5.41, 5.74) is -0.0113. The Hall–Kier alpha value is -2.33. The molecule has 0 saturated carbocycles. The van der Waals surface area contributed by atoms with E-state index >= 15 is 0 Å². The summed E-state index contributed by atoms with van der Waals surface area (Å²) in [4.78, 5) is 29.9. The Kier molecular flexibility index (Phi) is 7.25. The Morgan fingerprint density at radius 1 is 1.43 bits per heavy atom. The highest BCUT2D eigenvalue weighted by Gasteiger charge is 2.26. The van der Waals surface area contributed by atoms with Crippen molar-refractivity contribution in [2.75, 3.05) is 38.6 Å². The Morgan fingerprint density at radius 2 is 2.14 bits per heavy atom. The van der Waals surface area contributed by atoms with E-state index in [1.807, 2.05) is 0 Å². The molecule has 156 valence electrons. The molecular formula is C18H26F2N4O4. The van der Waals surface area contributed by atoms with E-state index < -0.39 is 24.1 Å². The average Bonchev–Trinajstić information content (AvgIpc) is 2.59. The number of esters is 1. The van der Waals surface area contributed by atoms with Crippen LogP contribution in [-0.2, 0) is 9.47 Å². The van der Waals surface area contributed by atoms with Crippen LogP contribution in [-0.4, -0.2) is 67.3 Å². The third-order valence-electron chi connectivity index (χ3n) is 3.98. The zero-order valence-corrected chi connectivity index (χ0v) is 16.4. The van der Waals surface area contributed by atoms with Crippen molar-refractivity contribution in [1.29, 1.82) is 0 Å². The first-order valence-corrected chi connectivity index (χ1v) is 8.91. The van der Waals surface area contributed by atoms with E-state index in [1.54, 1.807) is 31.7 Å². The molecule has 0 bridgehead atoms. The Morgan fingerprint density at radius 3 is 2.75 bits per heavy atom. The van der Waals surface area contributed by atoms with Crippen molar-refractivity contribution in [2.45, 2.75) is 38.8 Å². The van der Waals surface area contributed by atoms with Crippen molar-refractivity contribution in [3.05, 3.63) is 23.5 Å². The largest absolute Gasteiger partial charge is 0.464 e. The second-order valence-electron chi connectivity index (χ2n) is 7.44. The van der Waals surface area contributed by atoms with Gasteiger partial charge in [-0.05, 0) is 32.4 Å². The number of alkyl halides is 2. The fourth-order valence-electron chi connectivity index (χ4n) is 2.83. The average molecular weight is 400 g/mol. The summed E-state index contributed by atoms with van der Waals surface area (Å²) in [5.74, 6) is -0.714. The number of amides is 1. The lowest BCUT2D eigenvalue weighted by Crippen LogP contribution is -2.47. The van der Waals surface area contributed by atoms with Gasteiger partial charge in [-0.15, -0.1) is 0 Å². The molecule has 1 aromatic rings. The second kappa shape index (κ2) is 9.24. The number of pyridine rings is 1. The number of ether oxygens (including phenoxy) is 2. The Bertz CT molecular complexity index is 709. The van der Waals surface area contributed by atoms with Gasteiger partial charge in [-0.25, -0.2) is 23.4 Å². The molecule has 1 amide bonds. The monoisotopic (exact) mass is 400 g/mol. The standard InChI is InChI=1S/C18H26F2N4O4/c1-18(2,3)28-17(26)23-12-7-11(8-22-15(12)16(25)27-4)13-9-24(6-5-21-13)10-14(19)20/h7-8,13-14,21H,5-6,9-10H2,1-4H3,(H,23,26). The molecule has 1 unspecified atom stereocenters. The molecule has 1 saturated heterocycles. The minimum Gasteiger partial charge on any atom is -0.464 e. The van der Waals surface area contributed by atoms with Crippen molar-refractivity contribution in [3.8, 4) is 0 Å². The minimum absolute atomic E-state index is 0.0719. The number of hydrogen-bond acceptors (Lipinski definition) is 7. The number of nitrogens with zero attached hydrogens (tertiary/aromatic N) is 2. The molecule has 1 fully saturated rings. The molecule has 28 heavy (non-hydrogen) atoms. The van der Waals surface area contributed by atoms with E-state index in [2.05, 4.69) is 15.6 Å². The molecule has 10 heteroatoms. The van der Waals surface area contributed by atoms with Gasteiger partial charge in [-0.3, -0.25) is 10.2 Å². The molecule has 2 rings (SSSR count). The van der Waals surface area contributed by atoms with Gasteiger partial charge in [-0.2, -0.15) is 0 Å². The van der Waals surface area contributed by atoms with Crippen LogP contribution < -0.4 is 10.6 Å². The number of rotatable bonds is 5. The summed E-state index contributed by atoms with van der Waals surface area (Å²) < 4.78 is 35.3. The van der Waals surface area contributed by atoms with Crippen molar-refractivity contribution in [3.63, 3.8) is 0 Å². The van der Waals surface area contributed by atoms with E-state index in [4.69, 9.17) is 9.47 Å². The van der Waals surface area contributed by atoms with Gasteiger partial charge in [0.1, 0.15) is 5.60 Å². The van der Waals surface area contributed by atoms with Crippen LogP contribution in [0.4, 0.5) is 19.3 Å². The number of anilines is 1. The van der Waals surface area contributed by atoms with Crippen LogP contribution in [0.3, 0.4) is 0 Å². The number of carbonyl (C=O) groups excluding carboxylic acids is 2. The van der Waals surface area contributed by atoms with Gasteiger partial charge >= 0.3 is 12.1 Å². The number of nitrogens with one attached hydrogen (secondary N) is 2. The highest BCUT2D eigenvalue weighted by Crippen LogP contribution is 2.24. The van der Waals surface area contributed by atoms with Gasteiger partial charge in [-0.1, -0.05) is 0 Å². The number of hydrogen-bond donors (Lipinski definition) is 2. The molecule has 1 aliphatic heterocycles. The molecule has 1 atom stereocenters. The van der Waals surface area contributed by atoms with Crippen LogP contribution in [0.2, 0.25) is 0 Å². The van der Waals surface area contributed by atoms with Gasteiger partial charge in [0.15, 0.2) is 5.69 Å². The molecule has 8 nitrogen and oxygen atoms in total. The van der Waals surface area contributed by atoms with Gasteiger partial charge in [0.2, 0.25) is 0 Å². The number of aromatic nitrogens is 1. The van der Waals surface area contributed by atoms with Crippen molar-refractivity contribution in [1.82, 2.24) is 15.2 Å². The van der Waals surface area contributed by atoms with E-state index in [0.717, 1.165) is 0 Å². The predicted molar refractivity (Wildman–Crippen MR) is 98.6 cm³/mol. The van der Waals surface area contributed by atoms with Crippen LogP contribution >= 0.6 is 0 Å². The summed E-state index contributed by atoms with van der Waals surface area (Å²) in [7, 11) is 1.21. The fraction of sp³-hybridized carbons (Fsp3) is 0.611. The molecule has 1 aliphatic rings. The minimum atomic E-state index is -2.41. The van der Waals surface area contributed by atoms with E-state index in [9.17, 15) is 18.4 Å². The van der Waals surface area contributed by atoms with Crippen LogP contribution in [0.5, 0.6) is 0 Å². The van der Waals surface area contributed by atoms with E-state index in [1.165, 1.54) is 13.3 Å². The number of methoxy groups -OCH3 is 1. The second-order valence-corrected chi connectivity index (χ2v) is 7.44. The predicted octanol–water partition coefficient (Wildman–Crippen LogP) is 2.43. The highest BCUT2D eigenvalue weighted by molar-refractivity contribution is 5.98. The molecule has 0 radical (unpaired) electrons. The molecule has 2 heterocycles. The molecular weight excluding hydrogens is 374 g/mol. The zero-order chi connectivity index (χ0) is 20.9. The summed E-state index contributed by atoms with van der Waals surface area (Å²) >= 11 is 0. The number of piperazine rings is 1. The van der Waals surface area contributed by atoms with Gasteiger partial charge in [0, 0.05) is 31.9 Å². The summed E-state index contributed by atoms with van der Waals surface area (Å²) in [6.07, 6.45) is -1.69. The first-order chi connectivity index (χ1) is 13.1.